The van der Waals surface area contributed by atoms with Crippen molar-refractivity contribution in [2.75, 3.05) is 0 Å². The third-order valence-corrected chi connectivity index (χ3v) is 4.71. The van der Waals surface area contributed by atoms with E-state index in [4.69, 9.17) is 11.6 Å². The van der Waals surface area contributed by atoms with E-state index in [1.54, 1.807) is 0 Å². The molecule has 0 aliphatic heterocycles. The predicted molar refractivity (Wildman–Crippen MR) is 75.9 cm³/mol. The first-order valence-electron chi connectivity index (χ1n) is 5.72. The van der Waals surface area contributed by atoms with Gasteiger partial charge in [0.1, 0.15) is 11.6 Å². The molecule has 0 saturated carbocycles. The van der Waals surface area contributed by atoms with Crippen LogP contribution in [0.15, 0.2) is 48.5 Å². The van der Waals surface area contributed by atoms with Crippen molar-refractivity contribution < 1.29 is 8.78 Å². The molecule has 0 amide bonds. The fourth-order valence-corrected chi connectivity index (χ4v) is 3.42. The molecule has 3 aromatic rings. The summed E-state index contributed by atoms with van der Waals surface area (Å²) in [5.74, 6) is -1.21. The normalized spacial score (nSPS) is 12.8. The van der Waals surface area contributed by atoms with Crippen LogP contribution >= 0.6 is 22.9 Å². The molecule has 0 spiro atoms. The minimum atomic E-state index is -0.613. The van der Waals surface area contributed by atoms with Gasteiger partial charge in [0.25, 0.3) is 0 Å². The fourth-order valence-electron chi connectivity index (χ4n) is 1.99. The quantitative estimate of drug-likeness (QED) is 0.547. The number of benzene rings is 2. The first kappa shape index (κ1) is 12.6. The number of fused-ring (bicyclic) bond motifs is 1. The summed E-state index contributed by atoms with van der Waals surface area (Å²) < 4.78 is 27.7. The lowest BCUT2D eigenvalue weighted by atomic mass is 10.1. The van der Waals surface area contributed by atoms with Gasteiger partial charge in [0, 0.05) is 21.2 Å². The molecule has 0 saturated heterocycles. The molecule has 1 unspecified atom stereocenters. The summed E-state index contributed by atoms with van der Waals surface area (Å²) in [7, 11) is 0. The van der Waals surface area contributed by atoms with E-state index < -0.39 is 17.0 Å². The van der Waals surface area contributed by atoms with Gasteiger partial charge >= 0.3 is 0 Å². The minimum absolute atomic E-state index is 0.301. The van der Waals surface area contributed by atoms with E-state index in [1.165, 1.54) is 23.5 Å². The molecule has 19 heavy (non-hydrogen) atoms. The molecule has 0 bridgehead atoms. The van der Waals surface area contributed by atoms with Gasteiger partial charge in [-0.3, -0.25) is 0 Å². The zero-order valence-electron chi connectivity index (χ0n) is 9.74. The molecule has 96 valence electrons. The van der Waals surface area contributed by atoms with Crippen molar-refractivity contribution in [3.8, 4) is 0 Å². The molecule has 0 nitrogen and oxygen atoms in total. The van der Waals surface area contributed by atoms with Crippen LogP contribution in [0, 0.1) is 11.6 Å². The van der Waals surface area contributed by atoms with Crippen molar-refractivity contribution in [2.45, 2.75) is 5.38 Å². The Morgan fingerprint density at radius 2 is 1.79 bits per heavy atom. The minimum Gasteiger partial charge on any atom is -0.207 e. The summed E-state index contributed by atoms with van der Waals surface area (Å²) in [5.41, 5.74) is 0.301. The molecule has 0 radical (unpaired) electrons. The van der Waals surface area contributed by atoms with Crippen molar-refractivity contribution in [3.05, 3.63) is 70.6 Å². The summed E-state index contributed by atoms with van der Waals surface area (Å²) in [6, 6.07) is 13.3. The van der Waals surface area contributed by atoms with Crippen LogP contribution in [0.5, 0.6) is 0 Å². The molecule has 0 N–H and O–H groups in total. The number of rotatable bonds is 2. The van der Waals surface area contributed by atoms with E-state index >= 15 is 0 Å². The molecule has 1 atom stereocenters. The van der Waals surface area contributed by atoms with Crippen LogP contribution in [0.1, 0.15) is 15.8 Å². The first-order chi connectivity index (χ1) is 9.15. The molecule has 2 aromatic carbocycles. The van der Waals surface area contributed by atoms with Crippen LogP contribution in [0.25, 0.3) is 10.1 Å². The van der Waals surface area contributed by atoms with Crippen molar-refractivity contribution in [1.82, 2.24) is 0 Å². The highest BCUT2D eigenvalue weighted by molar-refractivity contribution is 7.19. The van der Waals surface area contributed by atoms with Gasteiger partial charge in [0.15, 0.2) is 0 Å². The third kappa shape index (κ3) is 2.36. The van der Waals surface area contributed by atoms with Crippen molar-refractivity contribution in [1.29, 1.82) is 0 Å². The lowest BCUT2D eigenvalue weighted by Gasteiger charge is -2.08. The Kier molecular flexibility index (Phi) is 3.25. The van der Waals surface area contributed by atoms with Gasteiger partial charge < -0.3 is 0 Å². The molecule has 0 aliphatic carbocycles. The second kappa shape index (κ2) is 4.91. The molecule has 4 heteroatoms. The Labute approximate surface area is 118 Å². The van der Waals surface area contributed by atoms with Crippen LogP contribution in [-0.2, 0) is 0 Å². The van der Waals surface area contributed by atoms with Crippen molar-refractivity contribution in [3.63, 3.8) is 0 Å². The van der Waals surface area contributed by atoms with Gasteiger partial charge in [-0.25, -0.2) is 8.78 Å². The average molecular weight is 295 g/mol. The largest absolute Gasteiger partial charge is 0.207 e. The average Bonchev–Trinajstić information content (AvgIpc) is 2.81. The van der Waals surface area contributed by atoms with Gasteiger partial charge in [-0.2, -0.15) is 0 Å². The lowest BCUT2D eigenvalue weighted by molar-refractivity contribution is 0.574. The van der Waals surface area contributed by atoms with E-state index in [-0.39, 0.29) is 0 Å². The van der Waals surface area contributed by atoms with Gasteiger partial charge in [0.2, 0.25) is 0 Å². The smallest absolute Gasteiger partial charge is 0.131 e. The topological polar surface area (TPSA) is 0 Å². The van der Waals surface area contributed by atoms with Crippen LogP contribution in [-0.4, -0.2) is 0 Å². The maximum atomic E-state index is 13.7. The second-order valence-electron chi connectivity index (χ2n) is 4.21. The Bertz CT molecular complexity index is 703. The summed E-state index contributed by atoms with van der Waals surface area (Å²) >= 11 is 7.83. The Morgan fingerprint density at radius 1 is 1.00 bits per heavy atom. The third-order valence-electron chi connectivity index (χ3n) is 2.93. The molecule has 0 fully saturated rings. The second-order valence-corrected chi connectivity index (χ2v) is 5.77. The lowest BCUT2D eigenvalue weighted by Crippen LogP contribution is -1.95. The van der Waals surface area contributed by atoms with Crippen LogP contribution in [0.3, 0.4) is 0 Å². The number of alkyl halides is 1. The molecule has 3 rings (SSSR count). The van der Waals surface area contributed by atoms with E-state index in [9.17, 15) is 8.78 Å². The highest BCUT2D eigenvalue weighted by Gasteiger charge is 2.18. The van der Waals surface area contributed by atoms with Crippen LogP contribution in [0.4, 0.5) is 8.78 Å². The number of thiophene rings is 1. The monoisotopic (exact) mass is 294 g/mol. The number of halogens is 3. The SMILES string of the molecule is Fc1ccc(C(Cl)c2cc3ccccc3s2)c(F)c1. The predicted octanol–water partition coefficient (Wildman–Crippen LogP) is 5.51. The van der Waals surface area contributed by atoms with Crippen molar-refractivity contribution >= 4 is 33.0 Å². The maximum absolute atomic E-state index is 13.7. The summed E-state index contributed by atoms with van der Waals surface area (Å²) in [6.07, 6.45) is 0. The van der Waals surface area contributed by atoms with Crippen LogP contribution in [0.2, 0.25) is 0 Å². The zero-order chi connectivity index (χ0) is 13.4. The maximum Gasteiger partial charge on any atom is 0.131 e. The molecule has 0 aliphatic rings. The van der Waals surface area contributed by atoms with E-state index in [0.717, 1.165) is 21.0 Å². The Hall–Kier alpha value is -1.45. The fraction of sp³-hybridized carbons (Fsp3) is 0.0667. The summed E-state index contributed by atoms with van der Waals surface area (Å²) in [5, 5.41) is 0.480. The number of hydrogen-bond donors (Lipinski definition) is 0. The Morgan fingerprint density at radius 3 is 2.53 bits per heavy atom. The molecule has 1 heterocycles. The van der Waals surface area contributed by atoms with E-state index in [0.29, 0.717) is 5.56 Å². The van der Waals surface area contributed by atoms with Gasteiger partial charge in [-0.1, -0.05) is 24.3 Å². The standard InChI is InChI=1S/C15H9ClF2S/c16-15(11-6-5-10(17)8-12(11)18)14-7-9-3-1-2-4-13(9)19-14/h1-8,15H. The van der Waals surface area contributed by atoms with Gasteiger partial charge in [0.05, 0.1) is 5.38 Å². The van der Waals surface area contributed by atoms with Gasteiger partial charge in [-0.15, -0.1) is 22.9 Å². The first-order valence-corrected chi connectivity index (χ1v) is 6.98. The summed E-state index contributed by atoms with van der Waals surface area (Å²) in [4.78, 5) is 0.855. The van der Waals surface area contributed by atoms with E-state index in [1.807, 2.05) is 30.3 Å². The zero-order valence-corrected chi connectivity index (χ0v) is 11.3. The number of hydrogen-bond acceptors (Lipinski definition) is 1. The Balaban J connectivity index is 2.05. The summed E-state index contributed by atoms with van der Waals surface area (Å²) in [6.45, 7) is 0. The van der Waals surface area contributed by atoms with Gasteiger partial charge in [-0.05, 0) is 23.6 Å². The van der Waals surface area contributed by atoms with Crippen LogP contribution < -0.4 is 0 Å². The molecule has 1 aromatic heterocycles. The van der Waals surface area contributed by atoms with Crippen molar-refractivity contribution in [2.24, 2.45) is 0 Å². The molecular formula is C15H9ClF2S. The highest BCUT2D eigenvalue weighted by atomic mass is 35.5. The highest BCUT2D eigenvalue weighted by Crippen LogP contribution is 2.37. The molecular weight excluding hydrogens is 286 g/mol. The van der Waals surface area contributed by atoms with E-state index in [2.05, 4.69) is 0 Å².